The van der Waals surface area contributed by atoms with Gasteiger partial charge < -0.3 is 9.84 Å². The fourth-order valence-corrected chi connectivity index (χ4v) is 4.38. The second kappa shape index (κ2) is 6.79. The lowest BCUT2D eigenvalue weighted by molar-refractivity contribution is -0.226. The Balaban J connectivity index is 1.58. The highest BCUT2D eigenvalue weighted by Crippen LogP contribution is 2.46. The van der Waals surface area contributed by atoms with Crippen LogP contribution in [0.15, 0.2) is 48.5 Å². The van der Waals surface area contributed by atoms with E-state index in [0.717, 1.165) is 22.3 Å². The molecule has 1 aliphatic heterocycles. The summed E-state index contributed by atoms with van der Waals surface area (Å²) in [6.07, 6.45) is -7.10. The fourth-order valence-electron chi connectivity index (χ4n) is 4.38. The second-order valence-corrected chi connectivity index (χ2v) is 7.22. The Hall–Kier alpha value is -3.03. The number of carboxylic acid groups (broad SMARTS) is 1. The van der Waals surface area contributed by atoms with Gasteiger partial charge in [0.05, 0.1) is 0 Å². The van der Waals surface area contributed by atoms with E-state index in [9.17, 15) is 27.9 Å². The lowest BCUT2D eigenvalue weighted by Crippen LogP contribution is -2.62. The van der Waals surface area contributed by atoms with Gasteiger partial charge in [0.2, 0.25) is 5.54 Å². The number of rotatable bonds is 3. The minimum absolute atomic E-state index is 0.0595. The highest BCUT2D eigenvalue weighted by molar-refractivity contribution is 5.86. The average Bonchev–Trinajstić information content (AvgIpc) is 3.27. The molecule has 1 heterocycles. The van der Waals surface area contributed by atoms with Gasteiger partial charge in [-0.2, -0.15) is 13.2 Å². The summed E-state index contributed by atoms with van der Waals surface area (Å²) in [5.41, 5.74) is 0.572. The largest absolute Gasteiger partial charge is 0.479 e. The number of carbonyl (C=O) groups excluding carboxylic acids is 1. The van der Waals surface area contributed by atoms with Crippen LogP contribution in [0.4, 0.5) is 18.0 Å². The predicted molar refractivity (Wildman–Crippen MR) is 97.4 cm³/mol. The van der Waals surface area contributed by atoms with E-state index in [4.69, 9.17) is 4.74 Å². The first kappa shape index (κ1) is 19.3. The van der Waals surface area contributed by atoms with E-state index in [-0.39, 0.29) is 25.5 Å². The molecule has 1 aliphatic carbocycles. The van der Waals surface area contributed by atoms with Crippen LogP contribution >= 0.6 is 0 Å². The smallest absolute Gasteiger partial charge is 0.422 e. The molecule has 2 aromatic carbocycles. The molecule has 0 spiro atoms. The van der Waals surface area contributed by atoms with E-state index < -0.39 is 30.2 Å². The molecule has 5 nitrogen and oxygen atoms in total. The number of aliphatic carboxylic acids is 1. The molecule has 1 atom stereocenters. The maximum atomic E-state index is 13.6. The number of likely N-dealkylation sites (tertiary alicyclic amines) is 1. The molecule has 0 radical (unpaired) electrons. The fraction of sp³-hybridized carbons (Fsp3) is 0.333. The van der Waals surface area contributed by atoms with Crippen molar-refractivity contribution in [1.29, 1.82) is 0 Å². The number of alkyl halides is 3. The maximum Gasteiger partial charge on any atom is 0.422 e. The number of nitrogens with zero attached hydrogens (tertiary/aromatic N) is 1. The normalized spacial score (nSPS) is 21.0. The molecule has 2 aliphatic rings. The van der Waals surface area contributed by atoms with Crippen molar-refractivity contribution in [2.24, 2.45) is 0 Å². The molecular formula is C21H18F3NO4. The van der Waals surface area contributed by atoms with Crippen LogP contribution < -0.4 is 0 Å². The van der Waals surface area contributed by atoms with Crippen molar-refractivity contribution in [3.05, 3.63) is 59.7 Å². The zero-order valence-corrected chi connectivity index (χ0v) is 15.3. The molecule has 0 bridgehead atoms. The van der Waals surface area contributed by atoms with Crippen molar-refractivity contribution < 1.29 is 32.6 Å². The number of fused-ring (bicyclic) bond motifs is 3. The summed E-state index contributed by atoms with van der Waals surface area (Å²) in [7, 11) is 0. The third-order valence-electron chi connectivity index (χ3n) is 5.76. The van der Waals surface area contributed by atoms with Crippen molar-refractivity contribution in [2.45, 2.75) is 30.5 Å². The third kappa shape index (κ3) is 2.85. The first-order valence-corrected chi connectivity index (χ1v) is 9.20. The van der Waals surface area contributed by atoms with Gasteiger partial charge in [-0.15, -0.1) is 0 Å². The van der Waals surface area contributed by atoms with Gasteiger partial charge in [-0.05, 0) is 35.1 Å². The third-order valence-corrected chi connectivity index (χ3v) is 5.76. The monoisotopic (exact) mass is 405 g/mol. The van der Waals surface area contributed by atoms with Crippen LogP contribution in [-0.4, -0.2) is 46.9 Å². The summed E-state index contributed by atoms with van der Waals surface area (Å²) in [4.78, 5) is 24.3. The van der Waals surface area contributed by atoms with Crippen molar-refractivity contribution in [3.63, 3.8) is 0 Å². The van der Waals surface area contributed by atoms with Gasteiger partial charge in [-0.25, -0.2) is 9.59 Å². The molecule has 1 saturated heterocycles. The van der Waals surface area contributed by atoms with Crippen LogP contribution in [0.2, 0.25) is 0 Å². The van der Waals surface area contributed by atoms with Crippen LogP contribution in [0.1, 0.15) is 29.9 Å². The van der Waals surface area contributed by atoms with Crippen LogP contribution in [0.5, 0.6) is 0 Å². The zero-order chi connectivity index (χ0) is 20.8. The second-order valence-electron chi connectivity index (χ2n) is 7.22. The lowest BCUT2D eigenvalue weighted by atomic mass is 9.95. The molecule has 152 valence electrons. The number of halogens is 3. The molecule has 0 aromatic heterocycles. The first-order chi connectivity index (χ1) is 13.8. The Morgan fingerprint density at radius 1 is 1.07 bits per heavy atom. The Morgan fingerprint density at radius 2 is 1.62 bits per heavy atom. The van der Waals surface area contributed by atoms with Gasteiger partial charge >= 0.3 is 18.2 Å². The SMILES string of the molecule is O=C(OCC1c2ccccc2-c2ccccc21)N1CCCC1(C(=O)O)C(F)(F)F. The van der Waals surface area contributed by atoms with Gasteiger partial charge in [-0.3, -0.25) is 4.90 Å². The number of benzene rings is 2. The minimum Gasteiger partial charge on any atom is -0.479 e. The van der Waals surface area contributed by atoms with E-state index in [2.05, 4.69) is 0 Å². The molecule has 0 saturated carbocycles. The molecule has 29 heavy (non-hydrogen) atoms. The maximum absolute atomic E-state index is 13.6. The van der Waals surface area contributed by atoms with E-state index >= 15 is 0 Å². The number of carbonyl (C=O) groups is 2. The van der Waals surface area contributed by atoms with Gasteiger partial charge in [-0.1, -0.05) is 48.5 Å². The van der Waals surface area contributed by atoms with Gasteiger partial charge in [0, 0.05) is 12.5 Å². The summed E-state index contributed by atoms with van der Waals surface area (Å²) in [6.45, 7) is -0.487. The molecule has 4 rings (SSSR count). The van der Waals surface area contributed by atoms with Crippen molar-refractivity contribution >= 4 is 12.1 Å². The summed E-state index contributed by atoms with van der Waals surface area (Å²) in [5, 5.41) is 9.29. The van der Waals surface area contributed by atoms with Crippen molar-refractivity contribution in [2.75, 3.05) is 13.2 Å². The average molecular weight is 405 g/mol. The van der Waals surface area contributed by atoms with E-state index in [1.165, 1.54) is 0 Å². The molecule has 8 heteroatoms. The summed E-state index contributed by atoms with van der Waals surface area (Å²) >= 11 is 0. The van der Waals surface area contributed by atoms with Gasteiger partial charge in [0.25, 0.3) is 0 Å². The van der Waals surface area contributed by atoms with Crippen molar-refractivity contribution in [1.82, 2.24) is 4.90 Å². The highest BCUT2D eigenvalue weighted by atomic mass is 19.4. The van der Waals surface area contributed by atoms with Crippen molar-refractivity contribution in [3.8, 4) is 11.1 Å². The molecule has 1 fully saturated rings. The van der Waals surface area contributed by atoms with Crippen LogP contribution in [-0.2, 0) is 9.53 Å². The lowest BCUT2D eigenvalue weighted by Gasteiger charge is -2.35. The minimum atomic E-state index is -5.10. The van der Waals surface area contributed by atoms with Gasteiger partial charge in [0.15, 0.2) is 0 Å². The quantitative estimate of drug-likeness (QED) is 0.821. The Kier molecular flexibility index (Phi) is 4.52. The molecule has 1 unspecified atom stereocenters. The Morgan fingerprint density at radius 3 is 2.14 bits per heavy atom. The van der Waals surface area contributed by atoms with Crippen LogP contribution in [0.25, 0.3) is 11.1 Å². The molecule has 2 aromatic rings. The first-order valence-electron chi connectivity index (χ1n) is 9.20. The van der Waals surface area contributed by atoms with Gasteiger partial charge in [0.1, 0.15) is 6.61 Å². The topological polar surface area (TPSA) is 66.8 Å². The van der Waals surface area contributed by atoms with Crippen LogP contribution in [0.3, 0.4) is 0 Å². The number of hydrogen-bond acceptors (Lipinski definition) is 3. The number of carboxylic acids is 1. The van der Waals surface area contributed by atoms with E-state index in [0.29, 0.717) is 4.90 Å². The Labute approximate surface area is 164 Å². The summed E-state index contributed by atoms with van der Waals surface area (Å²) in [6, 6.07) is 15.1. The number of ether oxygens (including phenoxy) is 1. The zero-order valence-electron chi connectivity index (χ0n) is 15.3. The predicted octanol–water partition coefficient (Wildman–Crippen LogP) is 4.42. The standard InChI is InChI=1S/C21H18F3NO4/c22-21(23,24)20(18(26)27)10-5-11-25(20)19(28)29-12-17-15-8-3-1-6-13(15)14-7-2-4-9-16(14)17/h1-4,6-9,17H,5,10-12H2,(H,26,27). The molecule has 1 amide bonds. The van der Waals surface area contributed by atoms with E-state index in [1.807, 2.05) is 48.5 Å². The van der Waals surface area contributed by atoms with Crippen LogP contribution in [0, 0.1) is 0 Å². The summed E-state index contributed by atoms with van der Waals surface area (Å²) < 4.78 is 46.0. The summed E-state index contributed by atoms with van der Waals surface area (Å²) in [5.74, 6) is -2.41. The molecular weight excluding hydrogens is 387 g/mol. The Bertz CT molecular complexity index is 929. The molecule has 1 N–H and O–H groups in total. The highest BCUT2D eigenvalue weighted by Gasteiger charge is 2.68. The number of hydrogen-bond donors (Lipinski definition) is 1. The van der Waals surface area contributed by atoms with E-state index in [1.54, 1.807) is 0 Å². The number of amides is 1.